The number of hydrogen-bond donors (Lipinski definition) is 2. The molecule has 0 aliphatic carbocycles. The minimum absolute atomic E-state index is 0.0486. The van der Waals surface area contributed by atoms with Crippen LogP contribution in [0.2, 0.25) is 0 Å². The Morgan fingerprint density at radius 1 is 1.09 bits per heavy atom. The highest BCUT2D eigenvalue weighted by atomic mass is 16.1. The van der Waals surface area contributed by atoms with Crippen LogP contribution in [0.1, 0.15) is 48.9 Å². The van der Waals surface area contributed by atoms with E-state index in [0.717, 1.165) is 22.4 Å². The van der Waals surface area contributed by atoms with Crippen molar-refractivity contribution in [3.8, 4) is 0 Å². The average molecular weight is 296 g/mol. The van der Waals surface area contributed by atoms with Gasteiger partial charge in [0.1, 0.15) is 0 Å². The summed E-state index contributed by atoms with van der Waals surface area (Å²) < 4.78 is 0. The van der Waals surface area contributed by atoms with E-state index < -0.39 is 0 Å². The second-order valence-electron chi connectivity index (χ2n) is 5.96. The van der Waals surface area contributed by atoms with E-state index in [1.807, 2.05) is 49.4 Å². The van der Waals surface area contributed by atoms with Gasteiger partial charge in [-0.3, -0.25) is 4.79 Å². The molecule has 0 aliphatic rings. The second-order valence-corrected chi connectivity index (χ2v) is 5.96. The third kappa shape index (κ3) is 3.95. The third-order valence-electron chi connectivity index (χ3n) is 3.82. The average Bonchev–Trinajstić information content (AvgIpc) is 2.49. The van der Waals surface area contributed by atoms with E-state index in [-0.39, 0.29) is 18.4 Å². The van der Waals surface area contributed by atoms with Crippen molar-refractivity contribution in [2.45, 2.75) is 39.2 Å². The molecule has 2 aromatic carbocycles. The fourth-order valence-electron chi connectivity index (χ4n) is 2.55. The number of hydrogen-bond acceptors (Lipinski definition) is 2. The van der Waals surface area contributed by atoms with Crippen LogP contribution in [0.15, 0.2) is 48.5 Å². The molecule has 116 valence electrons. The number of carbonyl (C=O) groups is 1. The van der Waals surface area contributed by atoms with Crippen LogP contribution in [-0.4, -0.2) is 5.91 Å². The first-order chi connectivity index (χ1) is 10.5. The molecule has 0 saturated heterocycles. The van der Waals surface area contributed by atoms with Crippen molar-refractivity contribution in [2.24, 2.45) is 5.73 Å². The Bertz CT molecular complexity index is 635. The number of amides is 1. The van der Waals surface area contributed by atoms with Gasteiger partial charge in [0.15, 0.2) is 0 Å². The van der Waals surface area contributed by atoms with E-state index in [4.69, 9.17) is 5.73 Å². The lowest BCUT2D eigenvalue weighted by Gasteiger charge is -2.18. The molecule has 1 atom stereocenters. The topological polar surface area (TPSA) is 55.1 Å². The summed E-state index contributed by atoms with van der Waals surface area (Å²) in [5.41, 5.74) is 10.3. The van der Waals surface area contributed by atoms with Crippen molar-refractivity contribution in [2.75, 3.05) is 5.32 Å². The molecular formula is C19H24N2O. The highest BCUT2D eigenvalue weighted by Crippen LogP contribution is 2.28. The minimum Gasteiger partial charge on any atom is -0.326 e. The van der Waals surface area contributed by atoms with Crippen LogP contribution >= 0.6 is 0 Å². The molecular weight excluding hydrogens is 272 g/mol. The Morgan fingerprint density at radius 3 is 2.41 bits per heavy atom. The first-order valence-corrected chi connectivity index (χ1v) is 7.69. The minimum atomic E-state index is -0.285. The molecule has 0 saturated carbocycles. The Kier molecular flexibility index (Phi) is 5.34. The Balaban J connectivity index is 2.10. The van der Waals surface area contributed by atoms with E-state index in [1.54, 1.807) is 0 Å². The maximum Gasteiger partial charge on any atom is 0.226 e. The van der Waals surface area contributed by atoms with E-state index in [9.17, 15) is 4.79 Å². The summed E-state index contributed by atoms with van der Waals surface area (Å²) in [5.74, 6) is 0.311. The number of nitrogens with one attached hydrogen (secondary N) is 1. The summed E-state index contributed by atoms with van der Waals surface area (Å²) in [6.45, 7) is 6.26. The van der Waals surface area contributed by atoms with Crippen molar-refractivity contribution in [3.05, 3.63) is 65.2 Å². The molecule has 0 aliphatic heterocycles. The first kappa shape index (κ1) is 16.2. The molecule has 0 aromatic heterocycles. The van der Waals surface area contributed by atoms with Crippen LogP contribution in [0.4, 0.5) is 5.69 Å². The van der Waals surface area contributed by atoms with Crippen molar-refractivity contribution in [1.29, 1.82) is 0 Å². The predicted octanol–water partition coefficient (Wildman–Crippen LogP) is 4.15. The number of anilines is 1. The number of rotatable bonds is 5. The maximum atomic E-state index is 12.3. The van der Waals surface area contributed by atoms with Crippen LogP contribution in [-0.2, 0) is 4.79 Å². The van der Waals surface area contributed by atoms with E-state index in [0.29, 0.717) is 5.92 Å². The second kappa shape index (κ2) is 7.23. The van der Waals surface area contributed by atoms with Gasteiger partial charge >= 0.3 is 0 Å². The Morgan fingerprint density at radius 2 is 1.77 bits per heavy atom. The molecule has 0 fully saturated rings. The lowest BCUT2D eigenvalue weighted by atomic mass is 9.97. The van der Waals surface area contributed by atoms with E-state index >= 15 is 0 Å². The van der Waals surface area contributed by atoms with Gasteiger partial charge in [0.25, 0.3) is 0 Å². The largest absolute Gasteiger partial charge is 0.326 e. The van der Waals surface area contributed by atoms with Gasteiger partial charge in [0, 0.05) is 18.2 Å². The van der Waals surface area contributed by atoms with Gasteiger partial charge in [0.05, 0.1) is 0 Å². The zero-order valence-electron chi connectivity index (χ0n) is 13.5. The zero-order valence-corrected chi connectivity index (χ0v) is 13.5. The molecule has 0 radical (unpaired) electrons. The molecule has 3 heteroatoms. The highest BCUT2D eigenvalue weighted by molar-refractivity contribution is 5.93. The van der Waals surface area contributed by atoms with Gasteiger partial charge in [-0.25, -0.2) is 0 Å². The molecule has 2 rings (SSSR count). The zero-order chi connectivity index (χ0) is 16.1. The lowest BCUT2D eigenvalue weighted by molar-refractivity contribution is -0.116. The molecule has 1 unspecified atom stereocenters. The third-order valence-corrected chi connectivity index (χ3v) is 3.82. The number of nitrogens with two attached hydrogens (primary N) is 1. The molecule has 3 N–H and O–H groups in total. The molecule has 22 heavy (non-hydrogen) atoms. The molecule has 2 aromatic rings. The molecule has 3 nitrogen and oxygen atoms in total. The maximum absolute atomic E-state index is 12.3. The van der Waals surface area contributed by atoms with Gasteiger partial charge in [-0.05, 0) is 29.5 Å². The highest BCUT2D eigenvalue weighted by Gasteiger charge is 2.15. The summed E-state index contributed by atoms with van der Waals surface area (Å²) in [4.78, 5) is 12.3. The smallest absolute Gasteiger partial charge is 0.226 e. The normalized spacial score (nSPS) is 12.2. The lowest BCUT2D eigenvalue weighted by Crippen LogP contribution is -2.21. The quantitative estimate of drug-likeness (QED) is 0.871. The summed E-state index contributed by atoms with van der Waals surface area (Å²) in [5, 5.41) is 3.04. The van der Waals surface area contributed by atoms with Gasteiger partial charge in [-0.2, -0.15) is 0 Å². The standard InChI is InChI=1S/C19H24N2O/c1-13(2)16-11-7-8-14(3)19(16)21-18(22)12-17(20)15-9-5-4-6-10-15/h4-11,13,17H,12,20H2,1-3H3,(H,21,22). The van der Waals surface area contributed by atoms with Crippen molar-refractivity contribution >= 4 is 11.6 Å². The summed E-state index contributed by atoms with van der Waals surface area (Å²) in [6, 6.07) is 15.5. The van der Waals surface area contributed by atoms with Crippen molar-refractivity contribution < 1.29 is 4.79 Å². The van der Waals surface area contributed by atoms with Gasteiger partial charge in [-0.15, -0.1) is 0 Å². The number of benzene rings is 2. The van der Waals surface area contributed by atoms with Crippen LogP contribution in [0.3, 0.4) is 0 Å². The van der Waals surface area contributed by atoms with Crippen LogP contribution in [0.5, 0.6) is 0 Å². The monoisotopic (exact) mass is 296 g/mol. The summed E-state index contributed by atoms with van der Waals surface area (Å²) in [6.07, 6.45) is 0.274. The number of aryl methyl sites for hydroxylation is 1. The van der Waals surface area contributed by atoms with Gasteiger partial charge in [0.2, 0.25) is 5.91 Å². The fourth-order valence-corrected chi connectivity index (χ4v) is 2.55. The Hall–Kier alpha value is -2.13. The predicted molar refractivity (Wildman–Crippen MR) is 91.9 cm³/mol. The van der Waals surface area contributed by atoms with E-state index in [1.165, 1.54) is 0 Å². The summed E-state index contributed by atoms with van der Waals surface area (Å²) in [7, 11) is 0. The van der Waals surface area contributed by atoms with Crippen LogP contribution in [0.25, 0.3) is 0 Å². The Labute approximate surface area is 132 Å². The van der Waals surface area contributed by atoms with E-state index in [2.05, 4.69) is 25.2 Å². The molecule has 1 amide bonds. The van der Waals surface area contributed by atoms with Crippen LogP contribution < -0.4 is 11.1 Å². The first-order valence-electron chi connectivity index (χ1n) is 7.69. The van der Waals surface area contributed by atoms with Gasteiger partial charge < -0.3 is 11.1 Å². The molecule has 0 heterocycles. The fraction of sp³-hybridized carbons (Fsp3) is 0.316. The number of carbonyl (C=O) groups excluding carboxylic acids is 1. The number of para-hydroxylation sites is 1. The summed E-state index contributed by atoms with van der Waals surface area (Å²) >= 11 is 0. The van der Waals surface area contributed by atoms with Crippen molar-refractivity contribution in [1.82, 2.24) is 0 Å². The molecule has 0 bridgehead atoms. The van der Waals surface area contributed by atoms with Crippen LogP contribution in [0, 0.1) is 6.92 Å². The van der Waals surface area contributed by atoms with Crippen molar-refractivity contribution in [3.63, 3.8) is 0 Å². The SMILES string of the molecule is Cc1cccc(C(C)C)c1NC(=O)CC(N)c1ccccc1. The molecule has 0 spiro atoms. The van der Waals surface area contributed by atoms with Gasteiger partial charge in [-0.1, -0.05) is 62.4 Å².